The number of nitrogens with one attached hydrogen (secondary N) is 1. The van der Waals surface area contributed by atoms with Gasteiger partial charge in [0, 0.05) is 13.3 Å². The van der Waals surface area contributed by atoms with Crippen LogP contribution in [0.4, 0.5) is 0 Å². The van der Waals surface area contributed by atoms with Crippen molar-refractivity contribution in [1.82, 2.24) is 19.5 Å². The Balaban J connectivity index is 2.77. The first kappa shape index (κ1) is 13.1. The molecule has 0 aliphatic heterocycles. The Kier molecular flexibility index (Phi) is 3.65. The van der Waals surface area contributed by atoms with Gasteiger partial charge in [0.15, 0.2) is 14.9 Å². The lowest BCUT2D eigenvalue weighted by Gasteiger charge is -2.14. The van der Waals surface area contributed by atoms with Gasteiger partial charge >= 0.3 is 0 Å². The van der Waals surface area contributed by atoms with Gasteiger partial charge in [0.05, 0.1) is 6.54 Å². The van der Waals surface area contributed by atoms with Gasteiger partial charge in [-0.3, -0.25) is 5.10 Å². The van der Waals surface area contributed by atoms with Crippen LogP contribution in [0.2, 0.25) is 0 Å². The van der Waals surface area contributed by atoms with Gasteiger partial charge in [-0.2, -0.15) is 9.40 Å². The van der Waals surface area contributed by atoms with Crippen molar-refractivity contribution >= 4 is 19.9 Å². The second-order valence-electron chi connectivity index (χ2n) is 3.34. The van der Waals surface area contributed by atoms with Crippen LogP contribution in [0.25, 0.3) is 0 Å². The summed E-state index contributed by atoms with van der Waals surface area (Å²) in [7, 11) is -6.14. The monoisotopic (exact) mass is 268 g/mol. The second-order valence-corrected chi connectivity index (χ2v) is 7.93. The predicted molar refractivity (Wildman–Crippen MR) is 56.5 cm³/mol. The Bertz CT molecular complexity index is 533. The summed E-state index contributed by atoms with van der Waals surface area (Å²) >= 11 is 0. The maximum atomic E-state index is 11.6. The van der Waals surface area contributed by atoms with E-state index < -0.39 is 24.9 Å². The number of aromatic amines is 1. The molecule has 0 bridgehead atoms. The Labute approximate surface area is 93.7 Å². The minimum absolute atomic E-state index is 0.0438. The number of aromatic nitrogens is 3. The Morgan fingerprint density at radius 2 is 2.00 bits per heavy atom. The van der Waals surface area contributed by atoms with Gasteiger partial charge in [-0.1, -0.05) is 0 Å². The molecule has 8 nitrogen and oxygen atoms in total. The minimum Gasteiger partial charge on any atom is -0.262 e. The van der Waals surface area contributed by atoms with Gasteiger partial charge in [-0.15, -0.1) is 0 Å². The molecule has 16 heavy (non-hydrogen) atoms. The smallest absolute Gasteiger partial charge is 0.228 e. The van der Waals surface area contributed by atoms with E-state index in [1.807, 2.05) is 0 Å². The molecular formula is C6H12N4O4S2. The maximum Gasteiger partial charge on any atom is 0.228 e. The third-order valence-electron chi connectivity index (χ3n) is 1.68. The molecule has 0 aliphatic rings. The highest BCUT2D eigenvalue weighted by molar-refractivity contribution is 8.06. The van der Waals surface area contributed by atoms with Crippen LogP contribution in [-0.2, 0) is 26.4 Å². The molecule has 0 aromatic carbocycles. The minimum atomic E-state index is -3.84. The molecule has 10 heteroatoms. The number of hydrogen-bond acceptors (Lipinski definition) is 6. The normalized spacial score (nSPS) is 13.2. The largest absolute Gasteiger partial charge is 0.262 e. The third kappa shape index (κ3) is 3.87. The van der Waals surface area contributed by atoms with Gasteiger partial charge in [0.25, 0.3) is 0 Å². The Hall–Kier alpha value is -1.00. The molecule has 0 radical (unpaired) electrons. The van der Waals surface area contributed by atoms with Crippen LogP contribution in [-0.4, -0.2) is 54.7 Å². The van der Waals surface area contributed by atoms with E-state index in [-0.39, 0.29) is 6.54 Å². The summed E-state index contributed by atoms with van der Waals surface area (Å²) in [5, 5.41) is 5.13. The average Bonchev–Trinajstić information content (AvgIpc) is 2.51. The average molecular weight is 268 g/mol. The van der Waals surface area contributed by atoms with Crippen LogP contribution < -0.4 is 0 Å². The van der Waals surface area contributed by atoms with Gasteiger partial charge < -0.3 is 0 Å². The van der Waals surface area contributed by atoms with Crippen molar-refractivity contribution < 1.29 is 16.8 Å². The van der Waals surface area contributed by atoms with E-state index in [0.29, 0.717) is 5.82 Å². The first-order valence-corrected chi connectivity index (χ1v) is 7.84. The second kappa shape index (κ2) is 4.47. The molecule has 0 spiro atoms. The quantitative estimate of drug-likeness (QED) is 0.700. The highest BCUT2D eigenvalue weighted by Gasteiger charge is 2.24. The number of rotatable bonds is 5. The summed E-state index contributed by atoms with van der Waals surface area (Å²) in [5.41, 5.74) is 0. The predicted octanol–water partition coefficient (Wildman–Crippen LogP) is -1.43. The van der Waals surface area contributed by atoms with Gasteiger partial charge in [-0.05, 0) is 0 Å². The standard InChI is InChI=1S/C6H12N4O4S2/c1-10(3-6-7-4-8-9-6)16(13,14)5-15(2,11)12/h4H,3,5H2,1-2H3,(H,7,8,9). The first-order valence-electron chi connectivity index (χ1n) is 4.17. The van der Waals surface area contributed by atoms with Gasteiger partial charge in [0.1, 0.15) is 12.2 Å². The van der Waals surface area contributed by atoms with Gasteiger partial charge in [0.2, 0.25) is 10.0 Å². The molecule has 0 saturated carbocycles. The summed E-state index contributed by atoms with van der Waals surface area (Å²) in [5.74, 6) is 0.347. The Morgan fingerprint density at radius 3 is 2.44 bits per heavy atom. The van der Waals surface area contributed by atoms with Crippen molar-refractivity contribution in [3.63, 3.8) is 0 Å². The van der Waals surface area contributed by atoms with Crippen LogP contribution in [0, 0.1) is 0 Å². The lowest BCUT2D eigenvalue weighted by molar-refractivity contribution is 0.460. The number of sulfone groups is 1. The molecule has 0 unspecified atom stereocenters. The van der Waals surface area contributed by atoms with Crippen molar-refractivity contribution in [2.24, 2.45) is 0 Å². The summed E-state index contributed by atoms with van der Waals surface area (Å²) in [4.78, 5) is 3.74. The number of nitrogens with zero attached hydrogens (tertiary/aromatic N) is 3. The van der Waals surface area contributed by atoms with Crippen LogP contribution in [0.1, 0.15) is 5.82 Å². The van der Waals surface area contributed by atoms with E-state index >= 15 is 0 Å². The third-order valence-corrected chi connectivity index (χ3v) is 5.66. The van der Waals surface area contributed by atoms with E-state index in [9.17, 15) is 16.8 Å². The fourth-order valence-corrected chi connectivity index (χ4v) is 4.18. The van der Waals surface area contributed by atoms with Crippen molar-refractivity contribution in [3.05, 3.63) is 12.2 Å². The lowest BCUT2D eigenvalue weighted by atomic mass is 10.6. The van der Waals surface area contributed by atoms with Crippen LogP contribution in [0.15, 0.2) is 6.33 Å². The van der Waals surface area contributed by atoms with Gasteiger partial charge in [-0.25, -0.2) is 21.8 Å². The van der Waals surface area contributed by atoms with Crippen molar-refractivity contribution in [2.45, 2.75) is 6.54 Å². The molecule has 1 heterocycles. The summed E-state index contributed by atoms with van der Waals surface area (Å²) in [6.07, 6.45) is 2.11. The zero-order valence-corrected chi connectivity index (χ0v) is 10.4. The summed E-state index contributed by atoms with van der Waals surface area (Å²) in [6.45, 7) is -0.0438. The number of H-pyrrole nitrogens is 1. The molecule has 0 amide bonds. The first-order chi connectivity index (χ1) is 7.21. The summed E-state index contributed by atoms with van der Waals surface area (Å²) < 4.78 is 45.8. The lowest BCUT2D eigenvalue weighted by Crippen LogP contribution is -2.32. The molecule has 92 valence electrons. The zero-order valence-electron chi connectivity index (χ0n) is 8.78. The SMILES string of the molecule is CN(Cc1ncn[nH]1)S(=O)(=O)CS(C)(=O)=O. The molecule has 0 atom stereocenters. The molecule has 1 N–H and O–H groups in total. The number of sulfonamides is 1. The highest BCUT2D eigenvalue weighted by atomic mass is 32.3. The van der Waals surface area contributed by atoms with Crippen molar-refractivity contribution in [2.75, 3.05) is 18.4 Å². The molecule has 1 rings (SSSR count). The topological polar surface area (TPSA) is 113 Å². The van der Waals surface area contributed by atoms with E-state index in [2.05, 4.69) is 15.2 Å². The van der Waals surface area contributed by atoms with Crippen LogP contribution in [0.3, 0.4) is 0 Å². The highest BCUT2D eigenvalue weighted by Crippen LogP contribution is 2.05. The Morgan fingerprint density at radius 1 is 1.38 bits per heavy atom. The fourth-order valence-electron chi connectivity index (χ4n) is 0.977. The molecule has 1 aromatic rings. The van der Waals surface area contributed by atoms with E-state index in [4.69, 9.17) is 0 Å². The molecule has 0 aliphatic carbocycles. The molecule has 0 fully saturated rings. The molecule has 0 saturated heterocycles. The van der Waals surface area contributed by atoms with Crippen LogP contribution in [0.5, 0.6) is 0 Å². The van der Waals surface area contributed by atoms with Crippen molar-refractivity contribution in [1.29, 1.82) is 0 Å². The van der Waals surface area contributed by atoms with Crippen LogP contribution >= 0.6 is 0 Å². The maximum absolute atomic E-state index is 11.6. The molecule has 1 aromatic heterocycles. The van der Waals surface area contributed by atoms with E-state index in [0.717, 1.165) is 10.6 Å². The van der Waals surface area contributed by atoms with E-state index in [1.165, 1.54) is 13.4 Å². The van der Waals surface area contributed by atoms with Crippen molar-refractivity contribution in [3.8, 4) is 0 Å². The summed E-state index contributed by atoms with van der Waals surface area (Å²) in [6, 6.07) is 0. The van der Waals surface area contributed by atoms with E-state index in [1.54, 1.807) is 0 Å². The molecular weight excluding hydrogens is 256 g/mol. The zero-order chi connectivity index (χ0) is 12.4. The number of hydrogen-bond donors (Lipinski definition) is 1. The fraction of sp³-hybridized carbons (Fsp3) is 0.667.